The molecule has 80 valence electrons. The highest BCUT2D eigenvalue weighted by Gasteiger charge is 2.12. The third-order valence-corrected chi connectivity index (χ3v) is 2.46. The third-order valence-electron chi connectivity index (χ3n) is 2.46. The van der Waals surface area contributed by atoms with E-state index in [9.17, 15) is 4.79 Å². The molecule has 0 aliphatic carbocycles. The van der Waals surface area contributed by atoms with Crippen molar-refractivity contribution in [2.75, 3.05) is 0 Å². The van der Waals surface area contributed by atoms with Crippen LogP contribution < -0.4 is 5.73 Å². The van der Waals surface area contributed by atoms with E-state index in [1.165, 1.54) is 0 Å². The van der Waals surface area contributed by atoms with Gasteiger partial charge < -0.3 is 5.73 Å². The Labute approximate surface area is 93.9 Å². The lowest BCUT2D eigenvalue weighted by atomic mass is 9.98. The lowest BCUT2D eigenvalue weighted by Gasteiger charge is -2.09. The summed E-state index contributed by atoms with van der Waals surface area (Å²) >= 11 is 0. The Bertz CT molecular complexity index is 521. The van der Waals surface area contributed by atoms with Crippen molar-refractivity contribution in [1.82, 2.24) is 4.98 Å². The average Bonchev–Trinajstić information content (AvgIpc) is 2.29. The summed E-state index contributed by atoms with van der Waals surface area (Å²) in [6, 6.07) is 11.1. The van der Waals surface area contributed by atoms with Gasteiger partial charge in [0.05, 0.1) is 5.69 Å². The molecule has 0 saturated heterocycles. The zero-order valence-corrected chi connectivity index (χ0v) is 8.97. The molecular weight excluding hydrogens is 200 g/mol. The molecule has 1 heterocycles. The highest BCUT2D eigenvalue weighted by atomic mass is 16.1. The summed E-state index contributed by atoms with van der Waals surface area (Å²) in [4.78, 5) is 15.6. The number of hydrogen-bond donors (Lipinski definition) is 1. The van der Waals surface area contributed by atoms with E-state index in [-0.39, 0.29) is 0 Å². The van der Waals surface area contributed by atoms with Crippen molar-refractivity contribution in [3.8, 4) is 11.3 Å². The molecule has 0 saturated carbocycles. The predicted molar refractivity (Wildman–Crippen MR) is 62.9 cm³/mol. The number of carbonyl (C=O) groups excluding carboxylic acids is 1. The Morgan fingerprint density at radius 1 is 1.19 bits per heavy atom. The molecule has 16 heavy (non-hydrogen) atoms. The molecule has 1 aromatic carbocycles. The minimum Gasteiger partial charge on any atom is -0.366 e. The molecule has 2 rings (SSSR count). The molecule has 0 aliphatic rings. The summed E-state index contributed by atoms with van der Waals surface area (Å²) in [7, 11) is 0. The fraction of sp³-hybridized carbons (Fsp3) is 0.0769. The molecule has 0 aliphatic heterocycles. The number of aromatic nitrogens is 1. The van der Waals surface area contributed by atoms with Gasteiger partial charge in [0.1, 0.15) is 0 Å². The number of benzene rings is 1. The topological polar surface area (TPSA) is 56.0 Å². The van der Waals surface area contributed by atoms with Gasteiger partial charge in [-0.1, -0.05) is 18.2 Å². The van der Waals surface area contributed by atoms with Gasteiger partial charge in [-0.15, -0.1) is 0 Å². The molecule has 1 amide bonds. The molecular formula is C13H12N2O. The maximum absolute atomic E-state index is 11.3. The van der Waals surface area contributed by atoms with Gasteiger partial charge in [0.25, 0.3) is 0 Å². The Morgan fingerprint density at radius 2 is 2.00 bits per heavy atom. The molecule has 0 unspecified atom stereocenters. The maximum atomic E-state index is 11.3. The fourth-order valence-electron chi connectivity index (χ4n) is 1.72. The van der Waals surface area contributed by atoms with Gasteiger partial charge in [0, 0.05) is 17.3 Å². The van der Waals surface area contributed by atoms with E-state index in [0.717, 1.165) is 16.8 Å². The van der Waals surface area contributed by atoms with Gasteiger partial charge in [-0.25, -0.2) is 0 Å². The number of nitrogens with zero attached hydrogens (tertiary/aromatic N) is 1. The number of aryl methyl sites for hydroxylation is 1. The summed E-state index contributed by atoms with van der Waals surface area (Å²) in [5, 5.41) is 0. The molecule has 0 spiro atoms. The number of rotatable bonds is 2. The van der Waals surface area contributed by atoms with E-state index < -0.39 is 5.91 Å². The second-order valence-electron chi connectivity index (χ2n) is 3.58. The molecule has 0 fully saturated rings. The van der Waals surface area contributed by atoms with Gasteiger partial charge in [-0.05, 0) is 30.7 Å². The molecule has 3 nitrogen and oxygen atoms in total. The second-order valence-corrected chi connectivity index (χ2v) is 3.58. The fourth-order valence-corrected chi connectivity index (χ4v) is 1.72. The van der Waals surface area contributed by atoms with E-state index in [1.54, 1.807) is 12.3 Å². The Morgan fingerprint density at radius 3 is 2.62 bits per heavy atom. The van der Waals surface area contributed by atoms with Gasteiger partial charge in [-0.3, -0.25) is 9.78 Å². The molecule has 0 atom stereocenters. The smallest absolute Gasteiger partial charge is 0.249 e. The number of carbonyl (C=O) groups is 1. The molecule has 0 bridgehead atoms. The van der Waals surface area contributed by atoms with Crippen molar-refractivity contribution in [3.05, 3.63) is 53.7 Å². The molecule has 2 aromatic rings. The predicted octanol–water partition coefficient (Wildman–Crippen LogP) is 2.16. The van der Waals surface area contributed by atoms with Crippen LogP contribution in [0.1, 0.15) is 15.9 Å². The number of pyridine rings is 1. The lowest BCUT2D eigenvalue weighted by molar-refractivity contribution is 0.100. The van der Waals surface area contributed by atoms with Crippen molar-refractivity contribution in [3.63, 3.8) is 0 Å². The van der Waals surface area contributed by atoms with Crippen LogP contribution in [0.25, 0.3) is 11.3 Å². The Hall–Kier alpha value is -2.16. The first-order valence-corrected chi connectivity index (χ1v) is 5.01. The van der Waals surface area contributed by atoms with Crippen molar-refractivity contribution >= 4 is 5.91 Å². The van der Waals surface area contributed by atoms with E-state index in [2.05, 4.69) is 4.98 Å². The van der Waals surface area contributed by atoms with Crippen molar-refractivity contribution in [1.29, 1.82) is 0 Å². The summed E-state index contributed by atoms with van der Waals surface area (Å²) in [5.41, 5.74) is 8.45. The van der Waals surface area contributed by atoms with Gasteiger partial charge >= 0.3 is 0 Å². The molecule has 3 heteroatoms. The maximum Gasteiger partial charge on any atom is 0.249 e. The summed E-state index contributed by atoms with van der Waals surface area (Å²) in [6.07, 6.45) is 1.70. The van der Waals surface area contributed by atoms with Crippen molar-refractivity contribution in [2.45, 2.75) is 6.92 Å². The summed E-state index contributed by atoms with van der Waals surface area (Å²) in [6.45, 7) is 1.94. The first kappa shape index (κ1) is 10.4. The highest BCUT2D eigenvalue weighted by molar-refractivity contribution is 6.00. The third kappa shape index (κ3) is 1.80. The van der Waals surface area contributed by atoms with E-state index in [0.29, 0.717) is 5.56 Å². The summed E-state index contributed by atoms with van der Waals surface area (Å²) in [5.74, 6) is -0.427. The van der Waals surface area contributed by atoms with Crippen molar-refractivity contribution in [2.24, 2.45) is 5.73 Å². The largest absolute Gasteiger partial charge is 0.366 e. The van der Waals surface area contributed by atoms with Crippen LogP contribution in [0.2, 0.25) is 0 Å². The van der Waals surface area contributed by atoms with Crippen LogP contribution in [0.15, 0.2) is 42.6 Å². The van der Waals surface area contributed by atoms with Crippen LogP contribution in [0.4, 0.5) is 0 Å². The van der Waals surface area contributed by atoms with Crippen LogP contribution in [0.3, 0.4) is 0 Å². The highest BCUT2D eigenvalue weighted by Crippen LogP contribution is 2.25. The van der Waals surface area contributed by atoms with Crippen LogP contribution >= 0.6 is 0 Å². The number of primary amides is 1. The van der Waals surface area contributed by atoms with E-state index in [1.807, 2.05) is 37.3 Å². The Kier molecular flexibility index (Phi) is 2.68. The summed E-state index contributed by atoms with van der Waals surface area (Å²) < 4.78 is 0. The van der Waals surface area contributed by atoms with Crippen molar-refractivity contribution < 1.29 is 4.79 Å². The van der Waals surface area contributed by atoms with Gasteiger partial charge in [-0.2, -0.15) is 0 Å². The van der Waals surface area contributed by atoms with E-state index >= 15 is 0 Å². The average molecular weight is 212 g/mol. The van der Waals surface area contributed by atoms with E-state index in [4.69, 9.17) is 5.73 Å². The first-order chi connectivity index (χ1) is 7.70. The normalized spacial score (nSPS) is 10.1. The monoisotopic (exact) mass is 212 g/mol. The lowest BCUT2D eigenvalue weighted by Crippen LogP contribution is -2.13. The Balaban J connectivity index is 2.68. The van der Waals surface area contributed by atoms with Crippen LogP contribution in [0, 0.1) is 6.92 Å². The zero-order chi connectivity index (χ0) is 11.5. The zero-order valence-electron chi connectivity index (χ0n) is 8.97. The SMILES string of the molecule is Cc1cccc(C(N)=O)c1-c1ccccn1. The number of amides is 1. The minimum atomic E-state index is -0.427. The van der Waals surface area contributed by atoms with Gasteiger partial charge in [0.2, 0.25) is 5.91 Å². The van der Waals surface area contributed by atoms with Gasteiger partial charge in [0.15, 0.2) is 0 Å². The quantitative estimate of drug-likeness (QED) is 0.829. The molecule has 2 N–H and O–H groups in total. The number of hydrogen-bond acceptors (Lipinski definition) is 2. The standard InChI is InChI=1S/C13H12N2O/c1-9-5-4-6-10(13(14)16)12(9)11-7-2-3-8-15-11/h2-8H,1H3,(H2,14,16). The number of nitrogens with two attached hydrogens (primary N) is 1. The first-order valence-electron chi connectivity index (χ1n) is 5.01. The van der Waals surface area contributed by atoms with Crippen LogP contribution in [0.5, 0.6) is 0 Å². The van der Waals surface area contributed by atoms with Crippen LogP contribution in [-0.4, -0.2) is 10.9 Å². The molecule has 1 aromatic heterocycles. The minimum absolute atomic E-state index is 0.427. The van der Waals surface area contributed by atoms with Crippen LogP contribution in [-0.2, 0) is 0 Å². The second kappa shape index (κ2) is 4.14. The molecule has 0 radical (unpaired) electrons.